The van der Waals surface area contributed by atoms with Crippen LogP contribution >= 0.6 is 0 Å². The molecule has 0 unspecified atom stereocenters. The van der Waals surface area contributed by atoms with Gasteiger partial charge in [-0.3, -0.25) is 4.79 Å². The first-order valence-electron chi connectivity index (χ1n) is 6.47. The average Bonchev–Trinajstić information content (AvgIpc) is 3.09. The molecular weight excluding hydrogens is 244 g/mol. The van der Waals surface area contributed by atoms with Crippen LogP contribution in [-0.4, -0.2) is 29.6 Å². The number of hydrogen-bond acceptors (Lipinski definition) is 4. The van der Waals surface area contributed by atoms with Crippen LogP contribution in [0.5, 0.6) is 11.6 Å². The lowest BCUT2D eigenvalue weighted by Gasteiger charge is -2.21. The number of carbonyl (C=O) groups is 1. The highest BCUT2D eigenvalue weighted by molar-refractivity contribution is 5.92. The number of ether oxygens (including phenoxy) is 2. The van der Waals surface area contributed by atoms with Crippen molar-refractivity contribution >= 4 is 5.91 Å². The number of nitrogens with zero attached hydrogens (tertiary/aromatic N) is 1. The van der Waals surface area contributed by atoms with E-state index in [1.54, 1.807) is 19.2 Å². The van der Waals surface area contributed by atoms with Gasteiger partial charge >= 0.3 is 0 Å². The Morgan fingerprint density at radius 3 is 2.58 bits per heavy atom. The molecule has 5 heteroatoms. The van der Waals surface area contributed by atoms with Gasteiger partial charge in [0.2, 0.25) is 5.88 Å². The van der Waals surface area contributed by atoms with E-state index < -0.39 is 0 Å². The zero-order valence-corrected chi connectivity index (χ0v) is 11.8. The summed E-state index contributed by atoms with van der Waals surface area (Å²) in [7, 11) is 1.57. The van der Waals surface area contributed by atoms with Gasteiger partial charge in [0.1, 0.15) is 17.0 Å². The van der Waals surface area contributed by atoms with Gasteiger partial charge in [0, 0.05) is 19.2 Å². The number of rotatable bonds is 4. The fourth-order valence-electron chi connectivity index (χ4n) is 1.54. The lowest BCUT2D eigenvalue weighted by atomic mass is 10.2. The Labute approximate surface area is 113 Å². The molecule has 1 fully saturated rings. The van der Waals surface area contributed by atoms with E-state index in [2.05, 4.69) is 10.3 Å². The Bertz CT molecular complexity index is 476. The number of aromatic nitrogens is 1. The van der Waals surface area contributed by atoms with Crippen LogP contribution in [0.3, 0.4) is 0 Å². The van der Waals surface area contributed by atoms with Crippen LogP contribution in [0.2, 0.25) is 0 Å². The molecule has 1 aliphatic rings. The molecule has 1 aromatic heterocycles. The second-order valence-electron chi connectivity index (χ2n) is 5.64. The number of hydrogen-bond donors (Lipinski definition) is 1. The SMILES string of the molecule is CNC(=O)c1cc(OC2CC2)cc(OC(C)(C)C)n1. The van der Waals surface area contributed by atoms with E-state index in [1.807, 2.05) is 20.8 Å². The maximum Gasteiger partial charge on any atom is 0.269 e. The average molecular weight is 264 g/mol. The number of carbonyl (C=O) groups excluding carboxylic acids is 1. The Balaban J connectivity index is 2.27. The van der Waals surface area contributed by atoms with Gasteiger partial charge in [-0.1, -0.05) is 0 Å². The van der Waals surface area contributed by atoms with E-state index in [1.165, 1.54) is 0 Å². The molecule has 1 amide bonds. The number of pyridine rings is 1. The monoisotopic (exact) mass is 264 g/mol. The van der Waals surface area contributed by atoms with Crippen LogP contribution in [-0.2, 0) is 0 Å². The van der Waals surface area contributed by atoms with Gasteiger partial charge in [-0.05, 0) is 33.6 Å². The predicted octanol–water partition coefficient (Wildman–Crippen LogP) is 2.16. The molecular formula is C14H20N2O3. The van der Waals surface area contributed by atoms with E-state index in [0.29, 0.717) is 17.3 Å². The minimum Gasteiger partial charge on any atom is -0.490 e. The minimum absolute atomic E-state index is 0.250. The number of amides is 1. The first-order valence-corrected chi connectivity index (χ1v) is 6.47. The van der Waals surface area contributed by atoms with Crippen molar-refractivity contribution in [2.75, 3.05) is 7.05 Å². The molecule has 1 aromatic rings. The van der Waals surface area contributed by atoms with Gasteiger partial charge in [-0.25, -0.2) is 4.98 Å². The van der Waals surface area contributed by atoms with Crippen molar-refractivity contribution in [2.45, 2.75) is 45.3 Å². The molecule has 0 aliphatic heterocycles. The fourth-order valence-corrected chi connectivity index (χ4v) is 1.54. The van der Waals surface area contributed by atoms with Crippen molar-refractivity contribution in [2.24, 2.45) is 0 Å². The van der Waals surface area contributed by atoms with Crippen LogP contribution in [0.25, 0.3) is 0 Å². The quantitative estimate of drug-likeness (QED) is 0.905. The first kappa shape index (κ1) is 13.6. The Morgan fingerprint density at radius 1 is 1.37 bits per heavy atom. The summed E-state index contributed by atoms with van der Waals surface area (Å²) in [4.78, 5) is 15.9. The van der Waals surface area contributed by atoms with E-state index in [9.17, 15) is 4.79 Å². The highest BCUT2D eigenvalue weighted by Gasteiger charge is 2.25. The normalized spacial score (nSPS) is 14.9. The van der Waals surface area contributed by atoms with Gasteiger partial charge in [0.15, 0.2) is 0 Å². The molecule has 1 saturated carbocycles. The molecule has 0 saturated heterocycles. The van der Waals surface area contributed by atoms with E-state index in [-0.39, 0.29) is 17.6 Å². The third kappa shape index (κ3) is 4.12. The van der Waals surface area contributed by atoms with Gasteiger partial charge in [0.05, 0.1) is 6.10 Å². The van der Waals surface area contributed by atoms with Crippen molar-refractivity contribution < 1.29 is 14.3 Å². The molecule has 0 bridgehead atoms. The summed E-state index contributed by atoms with van der Waals surface area (Å²) >= 11 is 0. The highest BCUT2D eigenvalue weighted by Crippen LogP contribution is 2.29. The molecule has 2 rings (SSSR count). The van der Waals surface area contributed by atoms with Crippen LogP contribution in [0.15, 0.2) is 12.1 Å². The molecule has 5 nitrogen and oxygen atoms in total. The molecule has 1 aliphatic carbocycles. The molecule has 104 valence electrons. The minimum atomic E-state index is -0.370. The summed E-state index contributed by atoms with van der Waals surface area (Å²) in [6.45, 7) is 5.80. The maximum atomic E-state index is 11.7. The largest absolute Gasteiger partial charge is 0.490 e. The van der Waals surface area contributed by atoms with Gasteiger partial charge in [0.25, 0.3) is 5.91 Å². The van der Waals surface area contributed by atoms with Crippen molar-refractivity contribution in [3.63, 3.8) is 0 Å². The summed E-state index contributed by atoms with van der Waals surface area (Å²) in [5.41, 5.74) is -0.0644. The lowest BCUT2D eigenvalue weighted by Crippen LogP contribution is -2.25. The van der Waals surface area contributed by atoms with Gasteiger partial charge < -0.3 is 14.8 Å². The third-order valence-corrected chi connectivity index (χ3v) is 2.47. The van der Waals surface area contributed by atoms with Crippen LogP contribution in [0.4, 0.5) is 0 Å². The van der Waals surface area contributed by atoms with Crippen molar-refractivity contribution in [3.8, 4) is 11.6 Å². The smallest absolute Gasteiger partial charge is 0.269 e. The van der Waals surface area contributed by atoms with Gasteiger partial charge in [-0.2, -0.15) is 0 Å². The number of nitrogens with one attached hydrogen (secondary N) is 1. The molecule has 0 atom stereocenters. The second-order valence-corrected chi connectivity index (χ2v) is 5.64. The third-order valence-electron chi connectivity index (χ3n) is 2.47. The van der Waals surface area contributed by atoms with Crippen molar-refractivity contribution in [1.29, 1.82) is 0 Å². The van der Waals surface area contributed by atoms with Crippen molar-refractivity contribution in [1.82, 2.24) is 10.3 Å². The molecule has 19 heavy (non-hydrogen) atoms. The van der Waals surface area contributed by atoms with Crippen LogP contribution in [0, 0.1) is 0 Å². The molecule has 0 spiro atoms. The maximum absolute atomic E-state index is 11.7. The summed E-state index contributed by atoms with van der Waals surface area (Å²) in [6, 6.07) is 3.38. The van der Waals surface area contributed by atoms with E-state index >= 15 is 0 Å². The summed E-state index contributed by atoms with van der Waals surface area (Å²) in [5.74, 6) is 0.791. The first-order chi connectivity index (χ1) is 8.87. The summed E-state index contributed by atoms with van der Waals surface area (Å²) in [6.07, 6.45) is 2.39. The predicted molar refractivity (Wildman–Crippen MR) is 71.7 cm³/mol. The van der Waals surface area contributed by atoms with E-state index in [0.717, 1.165) is 12.8 Å². The molecule has 1 N–H and O–H groups in total. The molecule has 0 aromatic carbocycles. The van der Waals surface area contributed by atoms with Gasteiger partial charge in [-0.15, -0.1) is 0 Å². The zero-order valence-electron chi connectivity index (χ0n) is 11.8. The Morgan fingerprint density at radius 2 is 2.05 bits per heavy atom. The standard InChI is InChI=1S/C14H20N2O3/c1-14(2,3)19-12-8-10(18-9-5-6-9)7-11(16-12)13(17)15-4/h7-9H,5-6H2,1-4H3,(H,15,17). The Hall–Kier alpha value is -1.78. The second kappa shape index (κ2) is 5.07. The molecule has 1 heterocycles. The zero-order chi connectivity index (χ0) is 14.0. The lowest BCUT2D eigenvalue weighted by molar-refractivity contribution is 0.0948. The van der Waals surface area contributed by atoms with Crippen LogP contribution in [0.1, 0.15) is 44.1 Å². The van der Waals surface area contributed by atoms with E-state index in [4.69, 9.17) is 9.47 Å². The highest BCUT2D eigenvalue weighted by atomic mass is 16.5. The molecule has 0 radical (unpaired) electrons. The summed E-state index contributed by atoms with van der Waals surface area (Å²) in [5, 5.41) is 2.55. The van der Waals surface area contributed by atoms with Crippen molar-refractivity contribution in [3.05, 3.63) is 17.8 Å². The Kier molecular flexibility index (Phi) is 3.64. The van der Waals surface area contributed by atoms with Crippen LogP contribution < -0.4 is 14.8 Å². The fraction of sp³-hybridized carbons (Fsp3) is 0.571. The topological polar surface area (TPSA) is 60.5 Å². The summed E-state index contributed by atoms with van der Waals surface area (Å²) < 4.78 is 11.4.